The summed E-state index contributed by atoms with van der Waals surface area (Å²) in [6.07, 6.45) is 0.537. The standard InChI is InChI=1S/C15H13ClFN3O4/c16-12-10(5-6-23-12)13-19-15(24-20-13)11(7-21)18-14(22)8-1-3-9(17)4-2-8/h1-6,11,15,21H,7H2,(H,18,22)(H,19,20)/t11-,15?/m0/s1. The minimum Gasteiger partial charge on any atom is -0.452 e. The van der Waals surface area contributed by atoms with Crippen molar-refractivity contribution in [2.24, 2.45) is 4.99 Å². The monoisotopic (exact) mass is 353 g/mol. The Morgan fingerprint density at radius 3 is 2.79 bits per heavy atom. The van der Waals surface area contributed by atoms with E-state index in [4.69, 9.17) is 20.9 Å². The van der Waals surface area contributed by atoms with Crippen LogP contribution in [0, 0.1) is 5.82 Å². The molecule has 0 bridgehead atoms. The quantitative estimate of drug-likeness (QED) is 0.756. The molecule has 1 aromatic carbocycles. The summed E-state index contributed by atoms with van der Waals surface area (Å²) in [6, 6.07) is 5.82. The topological polar surface area (TPSA) is 96.1 Å². The molecule has 0 spiro atoms. The lowest BCUT2D eigenvalue weighted by Crippen LogP contribution is -2.45. The first-order valence-electron chi connectivity index (χ1n) is 6.98. The Kier molecular flexibility index (Phi) is 4.79. The fourth-order valence-electron chi connectivity index (χ4n) is 2.12. The average molecular weight is 354 g/mol. The molecule has 3 rings (SSSR count). The lowest BCUT2D eigenvalue weighted by molar-refractivity contribution is 0.00136. The van der Waals surface area contributed by atoms with Gasteiger partial charge in [0.15, 0.2) is 12.1 Å². The minimum atomic E-state index is -0.861. The van der Waals surface area contributed by atoms with E-state index in [1.54, 1.807) is 6.07 Å². The van der Waals surface area contributed by atoms with Crippen molar-refractivity contribution in [1.82, 2.24) is 10.8 Å². The molecule has 3 N–H and O–H groups in total. The number of carbonyl (C=O) groups is 1. The molecule has 126 valence electrons. The van der Waals surface area contributed by atoms with E-state index >= 15 is 0 Å². The van der Waals surface area contributed by atoms with Gasteiger partial charge in [-0.05, 0) is 41.9 Å². The summed E-state index contributed by atoms with van der Waals surface area (Å²) in [4.78, 5) is 21.6. The van der Waals surface area contributed by atoms with Crippen LogP contribution in [0.1, 0.15) is 15.9 Å². The molecule has 2 heterocycles. The Morgan fingerprint density at radius 2 is 2.17 bits per heavy atom. The van der Waals surface area contributed by atoms with Crippen molar-refractivity contribution in [2.75, 3.05) is 6.61 Å². The summed E-state index contributed by atoms with van der Waals surface area (Å²) in [5.74, 6) is -0.601. The second-order valence-electron chi connectivity index (χ2n) is 4.97. The fraction of sp³-hybridized carbons (Fsp3) is 0.200. The smallest absolute Gasteiger partial charge is 0.251 e. The molecule has 9 heteroatoms. The number of aliphatic imine (C=N–C) groups is 1. The van der Waals surface area contributed by atoms with Crippen molar-refractivity contribution in [3.8, 4) is 0 Å². The number of benzene rings is 1. The number of hydroxylamine groups is 1. The number of furan rings is 1. The number of hydrogen-bond acceptors (Lipinski definition) is 6. The van der Waals surface area contributed by atoms with E-state index in [1.165, 1.54) is 30.5 Å². The molecule has 7 nitrogen and oxygen atoms in total. The number of carbonyl (C=O) groups excluding carboxylic acids is 1. The Bertz CT molecular complexity index is 762. The Labute approximate surface area is 141 Å². The molecule has 0 saturated heterocycles. The summed E-state index contributed by atoms with van der Waals surface area (Å²) in [6.45, 7) is -0.408. The molecule has 1 unspecified atom stereocenters. The first kappa shape index (κ1) is 16.4. The van der Waals surface area contributed by atoms with Gasteiger partial charge in [-0.25, -0.2) is 19.7 Å². The van der Waals surface area contributed by atoms with Crippen LogP contribution in [0.3, 0.4) is 0 Å². The van der Waals surface area contributed by atoms with Crippen molar-refractivity contribution >= 4 is 23.3 Å². The number of nitrogens with zero attached hydrogens (tertiary/aromatic N) is 1. The van der Waals surface area contributed by atoms with Gasteiger partial charge in [-0.2, -0.15) is 0 Å². The molecule has 24 heavy (non-hydrogen) atoms. The summed E-state index contributed by atoms with van der Waals surface area (Å²) in [7, 11) is 0. The summed E-state index contributed by atoms with van der Waals surface area (Å²) >= 11 is 5.87. The zero-order valence-electron chi connectivity index (χ0n) is 12.2. The first-order valence-corrected chi connectivity index (χ1v) is 7.36. The third-order valence-electron chi connectivity index (χ3n) is 3.37. The maximum atomic E-state index is 12.9. The van der Waals surface area contributed by atoms with Crippen LogP contribution in [0.15, 0.2) is 46.0 Å². The highest BCUT2D eigenvalue weighted by Crippen LogP contribution is 2.20. The summed E-state index contributed by atoms with van der Waals surface area (Å²) < 4.78 is 17.9. The van der Waals surface area contributed by atoms with Crippen molar-refractivity contribution in [1.29, 1.82) is 0 Å². The van der Waals surface area contributed by atoms with Crippen LogP contribution in [0.25, 0.3) is 0 Å². The number of rotatable bonds is 5. The molecule has 1 amide bonds. The number of amides is 1. The average Bonchev–Trinajstić information content (AvgIpc) is 3.21. The second kappa shape index (κ2) is 7.00. The number of halogens is 2. The highest BCUT2D eigenvalue weighted by molar-refractivity contribution is 6.32. The third-order valence-corrected chi connectivity index (χ3v) is 3.66. The van der Waals surface area contributed by atoms with Crippen LogP contribution in [-0.2, 0) is 4.84 Å². The molecule has 0 aliphatic carbocycles. The molecule has 0 radical (unpaired) electrons. The van der Waals surface area contributed by atoms with Crippen LogP contribution < -0.4 is 10.8 Å². The molecular formula is C15H13ClFN3O4. The number of nitrogens with one attached hydrogen (secondary N) is 2. The van der Waals surface area contributed by atoms with Crippen molar-refractivity contribution in [2.45, 2.75) is 12.3 Å². The molecule has 1 aliphatic rings. The Balaban J connectivity index is 1.70. The van der Waals surface area contributed by atoms with Gasteiger partial charge < -0.3 is 14.8 Å². The van der Waals surface area contributed by atoms with E-state index in [9.17, 15) is 14.3 Å². The van der Waals surface area contributed by atoms with Crippen LogP contribution in [0.4, 0.5) is 4.39 Å². The lowest BCUT2D eigenvalue weighted by Gasteiger charge is -2.19. The lowest BCUT2D eigenvalue weighted by atomic mass is 10.2. The number of amidine groups is 1. The highest BCUT2D eigenvalue weighted by Gasteiger charge is 2.30. The predicted octanol–water partition coefficient (Wildman–Crippen LogP) is 1.47. The van der Waals surface area contributed by atoms with E-state index in [0.717, 1.165) is 0 Å². The van der Waals surface area contributed by atoms with Gasteiger partial charge in [0.25, 0.3) is 5.91 Å². The normalized spacial score (nSPS) is 18.0. The number of aliphatic hydroxyl groups is 1. The fourth-order valence-corrected chi connectivity index (χ4v) is 2.32. The largest absolute Gasteiger partial charge is 0.452 e. The van der Waals surface area contributed by atoms with Crippen LogP contribution >= 0.6 is 11.6 Å². The van der Waals surface area contributed by atoms with E-state index < -0.39 is 30.6 Å². The van der Waals surface area contributed by atoms with Gasteiger partial charge >= 0.3 is 0 Å². The number of hydrogen-bond donors (Lipinski definition) is 3. The van der Waals surface area contributed by atoms with E-state index in [0.29, 0.717) is 11.4 Å². The maximum Gasteiger partial charge on any atom is 0.251 e. The molecule has 0 fully saturated rings. The molecule has 2 atom stereocenters. The summed E-state index contributed by atoms with van der Waals surface area (Å²) in [5.41, 5.74) is 3.33. The number of aliphatic hydroxyl groups excluding tert-OH is 1. The van der Waals surface area contributed by atoms with E-state index in [-0.39, 0.29) is 10.8 Å². The van der Waals surface area contributed by atoms with Gasteiger partial charge in [0.2, 0.25) is 5.22 Å². The predicted molar refractivity (Wildman–Crippen MR) is 83.0 cm³/mol. The maximum absolute atomic E-state index is 12.9. The minimum absolute atomic E-state index is 0.140. The molecule has 0 saturated carbocycles. The first-order chi connectivity index (χ1) is 11.6. The second-order valence-corrected chi connectivity index (χ2v) is 5.31. The molecule has 2 aromatic rings. The zero-order valence-corrected chi connectivity index (χ0v) is 13.0. The third kappa shape index (κ3) is 3.40. The van der Waals surface area contributed by atoms with Gasteiger partial charge in [0, 0.05) is 5.56 Å². The Hall–Kier alpha value is -2.42. The van der Waals surface area contributed by atoms with E-state index in [2.05, 4.69) is 15.8 Å². The van der Waals surface area contributed by atoms with E-state index in [1.807, 2.05) is 0 Å². The van der Waals surface area contributed by atoms with Crippen LogP contribution in [0.5, 0.6) is 0 Å². The van der Waals surface area contributed by atoms with Crippen molar-refractivity contribution in [3.63, 3.8) is 0 Å². The van der Waals surface area contributed by atoms with Gasteiger partial charge in [0.05, 0.1) is 18.4 Å². The van der Waals surface area contributed by atoms with Gasteiger partial charge in [-0.1, -0.05) is 0 Å². The Morgan fingerprint density at radius 1 is 1.42 bits per heavy atom. The van der Waals surface area contributed by atoms with Gasteiger partial charge in [-0.15, -0.1) is 0 Å². The highest BCUT2D eigenvalue weighted by atomic mass is 35.5. The zero-order chi connectivity index (χ0) is 17.1. The molecular weight excluding hydrogens is 341 g/mol. The van der Waals surface area contributed by atoms with Crippen molar-refractivity contribution < 1.29 is 23.5 Å². The molecule has 1 aromatic heterocycles. The van der Waals surface area contributed by atoms with Crippen LogP contribution in [-0.4, -0.2) is 35.7 Å². The van der Waals surface area contributed by atoms with Crippen LogP contribution in [0.2, 0.25) is 5.22 Å². The SMILES string of the molecule is O=C(N[C@@H](CO)C1N=C(c2ccoc2Cl)NO1)c1ccc(F)cc1. The summed E-state index contributed by atoms with van der Waals surface area (Å²) in [5, 5.41) is 12.2. The molecule has 1 aliphatic heterocycles. The van der Waals surface area contributed by atoms with Gasteiger partial charge in [0.1, 0.15) is 11.9 Å². The van der Waals surface area contributed by atoms with Crippen molar-refractivity contribution in [3.05, 3.63) is 58.8 Å². The van der Waals surface area contributed by atoms with Gasteiger partial charge in [-0.3, -0.25) is 4.79 Å².